The van der Waals surface area contributed by atoms with Crippen molar-refractivity contribution in [3.63, 3.8) is 0 Å². The highest BCUT2D eigenvalue weighted by Crippen LogP contribution is 2.38. The van der Waals surface area contributed by atoms with Crippen LogP contribution in [-0.4, -0.2) is 62.7 Å². The molecule has 6 nitrogen and oxygen atoms in total. The molecule has 0 spiro atoms. The third kappa shape index (κ3) is 5.24. The van der Waals surface area contributed by atoms with Crippen LogP contribution in [0, 0.1) is 5.92 Å². The van der Waals surface area contributed by atoms with E-state index in [1.165, 1.54) is 36.0 Å². The van der Waals surface area contributed by atoms with Crippen molar-refractivity contribution >= 4 is 21.7 Å². The van der Waals surface area contributed by atoms with Gasteiger partial charge in [0, 0.05) is 33.3 Å². The standard InChI is InChI=1S/C18H23F3N2O4S/c1-22(10-11-28(3,26)27)17(25)14-8-9-15(24)23(2)16(14)12-4-6-13(7-5-12)18(19,20)21/h4-7,14,16H,8-11H2,1-3H3. The minimum atomic E-state index is -4.48. The molecule has 0 N–H and O–H groups in total. The van der Waals surface area contributed by atoms with E-state index in [0.29, 0.717) is 5.56 Å². The molecule has 1 fully saturated rings. The predicted octanol–water partition coefficient (Wildman–Crippen LogP) is 2.12. The summed E-state index contributed by atoms with van der Waals surface area (Å²) in [6.07, 6.45) is -3.02. The molecule has 0 aromatic heterocycles. The average molecular weight is 420 g/mol. The van der Waals surface area contributed by atoms with Crippen molar-refractivity contribution in [2.75, 3.05) is 32.6 Å². The van der Waals surface area contributed by atoms with E-state index in [4.69, 9.17) is 0 Å². The lowest BCUT2D eigenvalue weighted by atomic mass is 9.83. The van der Waals surface area contributed by atoms with Gasteiger partial charge < -0.3 is 9.80 Å². The fourth-order valence-corrected chi connectivity index (χ4v) is 3.92. The van der Waals surface area contributed by atoms with Crippen LogP contribution >= 0.6 is 0 Å². The SMILES string of the molecule is CN(CCS(C)(=O)=O)C(=O)C1CCC(=O)N(C)C1c1ccc(C(F)(F)F)cc1. The van der Waals surface area contributed by atoms with Gasteiger partial charge in [0.15, 0.2) is 0 Å². The molecule has 1 heterocycles. The topological polar surface area (TPSA) is 74.8 Å². The van der Waals surface area contributed by atoms with Gasteiger partial charge in [-0.15, -0.1) is 0 Å². The smallest absolute Gasteiger partial charge is 0.344 e. The number of alkyl halides is 3. The summed E-state index contributed by atoms with van der Waals surface area (Å²) in [5.41, 5.74) is -0.382. The van der Waals surface area contributed by atoms with Crippen molar-refractivity contribution in [2.24, 2.45) is 5.92 Å². The van der Waals surface area contributed by atoms with Crippen LogP contribution in [-0.2, 0) is 25.6 Å². The van der Waals surface area contributed by atoms with Crippen LogP contribution in [0.1, 0.15) is 30.0 Å². The molecule has 0 bridgehead atoms. The van der Waals surface area contributed by atoms with Crippen LogP contribution in [0.15, 0.2) is 24.3 Å². The molecular weight excluding hydrogens is 397 g/mol. The first-order chi connectivity index (χ1) is 12.8. The second kappa shape index (κ2) is 8.10. The maximum Gasteiger partial charge on any atom is 0.416 e. The van der Waals surface area contributed by atoms with E-state index in [9.17, 15) is 31.2 Å². The number of hydrogen-bond donors (Lipinski definition) is 0. The molecule has 1 aliphatic rings. The zero-order chi connectivity index (χ0) is 21.3. The Morgan fingerprint density at radius 1 is 1.25 bits per heavy atom. The highest BCUT2D eigenvalue weighted by molar-refractivity contribution is 7.90. The Morgan fingerprint density at radius 3 is 2.32 bits per heavy atom. The molecule has 2 unspecified atom stereocenters. The summed E-state index contributed by atoms with van der Waals surface area (Å²) in [5, 5.41) is 0. The summed E-state index contributed by atoms with van der Waals surface area (Å²) < 4.78 is 61.1. The highest BCUT2D eigenvalue weighted by Gasteiger charge is 2.40. The Hall–Kier alpha value is -2.10. The van der Waals surface area contributed by atoms with Crippen LogP contribution in [0.3, 0.4) is 0 Å². The second-order valence-electron chi connectivity index (χ2n) is 7.10. The molecule has 2 rings (SSSR count). The third-order valence-electron chi connectivity index (χ3n) is 4.93. The third-order valence-corrected chi connectivity index (χ3v) is 5.86. The molecule has 2 atom stereocenters. The van der Waals surface area contributed by atoms with Gasteiger partial charge in [-0.05, 0) is 24.1 Å². The maximum atomic E-state index is 12.9. The Balaban J connectivity index is 2.29. The number of carbonyl (C=O) groups is 2. The quantitative estimate of drug-likeness (QED) is 0.731. The van der Waals surface area contributed by atoms with Gasteiger partial charge >= 0.3 is 6.18 Å². The normalized spacial score (nSPS) is 20.9. The van der Waals surface area contributed by atoms with Crippen molar-refractivity contribution < 1.29 is 31.2 Å². The fourth-order valence-electron chi connectivity index (χ4n) is 3.32. The first-order valence-corrected chi connectivity index (χ1v) is 10.7. The lowest BCUT2D eigenvalue weighted by Crippen LogP contribution is -2.47. The summed E-state index contributed by atoms with van der Waals surface area (Å²) >= 11 is 0. The van der Waals surface area contributed by atoms with Gasteiger partial charge in [-0.3, -0.25) is 9.59 Å². The van der Waals surface area contributed by atoms with Crippen molar-refractivity contribution in [2.45, 2.75) is 25.1 Å². The molecule has 0 saturated carbocycles. The van der Waals surface area contributed by atoms with E-state index < -0.39 is 33.5 Å². The number of amides is 2. The Labute approximate surface area is 162 Å². The molecule has 156 valence electrons. The number of hydrogen-bond acceptors (Lipinski definition) is 4. The number of likely N-dealkylation sites (tertiary alicyclic amines) is 1. The Kier molecular flexibility index (Phi) is 6.42. The second-order valence-corrected chi connectivity index (χ2v) is 9.36. The molecule has 10 heteroatoms. The number of benzene rings is 1. The Morgan fingerprint density at radius 2 is 1.82 bits per heavy atom. The zero-order valence-electron chi connectivity index (χ0n) is 15.9. The Bertz CT molecular complexity index is 837. The van der Waals surface area contributed by atoms with Crippen molar-refractivity contribution in [1.29, 1.82) is 0 Å². The number of rotatable bonds is 5. The van der Waals surface area contributed by atoms with E-state index in [1.807, 2.05) is 0 Å². The number of nitrogens with zero attached hydrogens (tertiary/aromatic N) is 2. The summed E-state index contributed by atoms with van der Waals surface area (Å²) in [6.45, 7) is 0.00551. The molecule has 0 aliphatic carbocycles. The minimum Gasteiger partial charge on any atom is -0.344 e. The molecule has 0 radical (unpaired) electrons. The van der Waals surface area contributed by atoms with E-state index in [-0.39, 0.29) is 37.0 Å². The van der Waals surface area contributed by atoms with Crippen LogP contribution < -0.4 is 0 Å². The molecule has 2 amide bonds. The molecule has 28 heavy (non-hydrogen) atoms. The van der Waals surface area contributed by atoms with Crippen LogP contribution in [0.4, 0.5) is 13.2 Å². The molecular formula is C18H23F3N2O4S. The number of halogens is 3. The van der Waals surface area contributed by atoms with E-state index in [0.717, 1.165) is 18.4 Å². The summed E-state index contributed by atoms with van der Waals surface area (Å²) in [7, 11) is -0.258. The van der Waals surface area contributed by atoms with E-state index in [1.54, 1.807) is 0 Å². The summed E-state index contributed by atoms with van der Waals surface area (Å²) in [5.74, 6) is -1.40. The average Bonchev–Trinajstić information content (AvgIpc) is 2.60. The van der Waals surface area contributed by atoms with Crippen molar-refractivity contribution in [3.8, 4) is 0 Å². The van der Waals surface area contributed by atoms with Gasteiger partial charge in [0.2, 0.25) is 11.8 Å². The van der Waals surface area contributed by atoms with Crippen LogP contribution in [0.5, 0.6) is 0 Å². The molecule has 1 saturated heterocycles. The van der Waals surface area contributed by atoms with Crippen molar-refractivity contribution in [3.05, 3.63) is 35.4 Å². The van der Waals surface area contributed by atoms with E-state index >= 15 is 0 Å². The fraction of sp³-hybridized carbons (Fsp3) is 0.556. The highest BCUT2D eigenvalue weighted by atomic mass is 32.2. The van der Waals surface area contributed by atoms with E-state index in [2.05, 4.69) is 0 Å². The van der Waals surface area contributed by atoms with Gasteiger partial charge in [-0.1, -0.05) is 12.1 Å². The van der Waals surface area contributed by atoms with Crippen molar-refractivity contribution in [1.82, 2.24) is 9.80 Å². The van der Waals surface area contributed by atoms with Gasteiger partial charge in [0.05, 0.1) is 23.3 Å². The monoisotopic (exact) mass is 420 g/mol. The largest absolute Gasteiger partial charge is 0.416 e. The zero-order valence-corrected chi connectivity index (χ0v) is 16.7. The molecule has 1 aromatic carbocycles. The predicted molar refractivity (Wildman–Crippen MR) is 97.0 cm³/mol. The number of carbonyl (C=O) groups excluding carboxylic acids is 2. The lowest BCUT2D eigenvalue weighted by Gasteiger charge is -2.40. The van der Waals surface area contributed by atoms with Gasteiger partial charge in [-0.25, -0.2) is 8.42 Å². The minimum absolute atomic E-state index is 0.00551. The molecule has 1 aromatic rings. The summed E-state index contributed by atoms with van der Waals surface area (Å²) in [6, 6.07) is 3.70. The van der Waals surface area contributed by atoms with Gasteiger partial charge in [-0.2, -0.15) is 13.2 Å². The first-order valence-electron chi connectivity index (χ1n) is 8.67. The van der Waals surface area contributed by atoms with Crippen LogP contribution in [0.2, 0.25) is 0 Å². The van der Waals surface area contributed by atoms with Gasteiger partial charge in [0.25, 0.3) is 0 Å². The van der Waals surface area contributed by atoms with Gasteiger partial charge in [0.1, 0.15) is 9.84 Å². The van der Waals surface area contributed by atoms with Crippen LogP contribution in [0.25, 0.3) is 0 Å². The number of piperidine rings is 1. The summed E-state index contributed by atoms with van der Waals surface area (Å²) in [4.78, 5) is 27.7. The first kappa shape index (κ1) is 22.2. The maximum absolute atomic E-state index is 12.9. The lowest BCUT2D eigenvalue weighted by molar-refractivity contribution is -0.146. The number of sulfone groups is 1. The molecule has 1 aliphatic heterocycles.